The van der Waals surface area contributed by atoms with E-state index in [-0.39, 0.29) is 11.3 Å². The number of amides is 1. The Hall–Kier alpha value is -0.610. The minimum atomic E-state index is -0.258. The largest absolute Gasteiger partial charge is 0.385 e. The van der Waals surface area contributed by atoms with E-state index in [1.165, 1.54) is 0 Å². The molecule has 1 rings (SSSR count). The van der Waals surface area contributed by atoms with Crippen LogP contribution >= 0.6 is 0 Å². The first-order valence-electron chi connectivity index (χ1n) is 7.39. The Labute approximate surface area is 117 Å². The standard InChI is InChI=1S/C15H30N2O2/c1-12(8-11-19-5)16-13-6-9-17(10-7-13)14(18)15(2,3)4/h12-13,16H,6-11H2,1-5H3. The predicted octanol–water partition coefficient (Wildman–Crippen LogP) is 2.04. The van der Waals surface area contributed by atoms with Crippen LogP contribution in [0.4, 0.5) is 0 Å². The molecule has 1 unspecified atom stereocenters. The SMILES string of the molecule is COCCC(C)NC1CCN(C(=O)C(C)(C)C)CC1. The molecular weight excluding hydrogens is 240 g/mol. The fraction of sp³-hybridized carbons (Fsp3) is 0.933. The predicted molar refractivity (Wildman–Crippen MR) is 78.1 cm³/mol. The molecule has 1 saturated heterocycles. The zero-order valence-corrected chi connectivity index (χ0v) is 13.2. The normalized spacial score (nSPS) is 19.5. The Morgan fingerprint density at radius 1 is 1.37 bits per heavy atom. The smallest absolute Gasteiger partial charge is 0.227 e. The van der Waals surface area contributed by atoms with Crippen LogP contribution in [0.3, 0.4) is 0 Å². The number of rotatable bonds is 5. The van der Waals surface area contributed by atoms with Gasteiger partial charge in [0.25, 0.3) is 0 Å². The first kappa shape index (κ1) is 16.4. The summed E-state index contributed by atoms with van der Waals surface area (Å²) >= 11 is 0. The molecule has 4 nitrogen and oxygen atoms in total. The van der Waals surface area contributed by atoms with Crippen molar-refractivity contribution < 1.29 is 9.53 Å². The van der Waals surface area contributed by atoms with E-state index < -0.39 is 0 Å². The third-order valence-corrected chi connectivity index (χ3v) is 3.70. The Morgan fingerprint density at radius 3 is 2.42 bits per heavy atom. The molecule has 1 fully saturated rings. The number of likely N-dealkylation sites (tertiary alicyclic amines) is 1. The van der Waals surface area contributed by atoms with Gasteiger partial charge in [-0.15, -0.1) is 0 Å². The van der Waals surface area contributed by atoms with Crippen molar-refractivity contribution >= 4 is 5.91 Å². The number of carbonyl (C=O) groups is 1. The molecule has 0 aromatic carbocycles. The average Bonchev–Trinajstić information content (AvgIpc) is 2.35. The van der Waals surface area contributed by atoms with Gasteiger partial charge >= 0.3 is 0 Å². The Kier molecular flexibility index (Phi) is 6.27. The van der Waals surface area contributed by atoms with Crippen LogP contribution in [0, 0.1) is 5.41 Å². The van der Waals surface area contributed by atoms with E-state index in [2.05, 4.69) is 12.2 Å². The van der Waals surface area contributed by atoms with Crippen molar-refractivity contribution in [3.8, 4) is 0 Å². The summed E-state index contributed by atoms with van der Waals surface area (Å²) in [6.07, 6.45) is 3.15. The number of hydrogen-bond acceptors (Lipinski definition) is 3. The molecule has 0 radical (unpaired) electrons. The summed E-state index contributed by atoms with van der Waals surface area (Å²) in [4.78, 5) is 14.2. The van der Waals surface area contributed by atoms with Gasteiger partial charge in [-0.05, 0) is 26.2 Å². The van der Waals surface area contributed by atoms with E-state index in [1.807, 2.05) is 25.7 Å². The number of ether oxygens (including phenoxy) is 1. The lowest BCUT2D eigenvalue weighted by atomic mass is 9.93. The van der Waals surface area contributed by atoms with Crippen LogP contribution in [0.15, 0.2) is 0 Å². The summed E-state index contributed by atoms with van der Waals surface area (Å²) in [5, 5.41) is 3.63. The lowest BCUT2D eigenvalue weighted by Crippen LogP contribution is -2.49. The van der Waals surface area contributed by atoms with Gasteiger partial charge in [-0.25, -0.2) is 0 Å². The van der Waals surface area contributed by atoms with Crippen LogP contribution < -0.4 is 5.32 Å². The van der Waals surface area contributed by atoms with E-state index >= 15 is 0 Å². The third-order valence-electron chi connectivity index (χ3n) is 3.70. The maximum atomic E-state index is 12.2. The van der Waals surface area contributed by atoms with Crippen molar-refractivity contribution in [1.82, 2.24) is 10.2 Å². The number of piperidine rings is 1. The molecule has 1 heterocycles. The molecule has 0 aromatic heterocycles. The molecule has 1 aliphatic heterocycles. The zero-order valence-electron chi connectivity index (χ0n) is 13.2. The van der Waals surface area contributed by atoms with Crippen LogP contribution in [0.1, 0.15) is 47.0 Å². The van der Waals surface area contributed by atoms with Gasteiger partial charge in [0, 0.05) is 44.3 Å². The molecule has 0 aromatic rings. The highest BCUT2D eigenvalue weighted by Crippen LogP contribution is 2.21. The van der Waals surface area contributed by atoms with E-state index in [0.29, 0.717) is 12.1 Å². The fourth-order valence-electron chi connectivity index (χ4n) is 2.50. The lowest BCUT2D eigenvalue weighted by Gasteiger charge is -2.37. The molecule has 1 aliphatic rings. The second-order valence-corrected chi connectivity index (χ2v) is 6.67. The molecule has 0 saturated carbocycles. The topological polar surface area (TPSA) is 41.6 Å². The molecule has 1 N–H and O–H groups in total. The highest BCUT2D eigenvalue weighted by molar-refractivity contribution is 5.81. The molecule has 1 amide bonds. The molecule has 0 aliphatic carbocycles. The quantitative estimate of drug-likeness (QED) is 0.831. The molecule has 4 heteroatoms. The van der Waals surface area contributed by atoms with Crippen molar-refractivity contribution in [1.29, 1.82) is 0 Å². The van der Waals surface area contributed by atoms with Crippen LogP contribution in [-0.2, 0) is 9.53 Å². The van der Waals surface area contributed by atoms with Gasteiger partial charge in [-0.1, -0.05) is 20.8 Å². The summed E-state index contributed by atoms with van der Waals surface area (Å²) in [6, 6.07) is 1.02. The van der Waals surface area contributed by atoms with Crippen molar-refractivity contribution in [2.75, 3.05) is 26.8 Å². The summed E-state index contributed by atoms with van der Waals surface area (Å²) in [5.41, 5.74) is -0.258. The van der Waals surface area contributed by atoms with Gasteiger partial charge in [0.15, 0.2) is 0 Å². The average molecular weight is 270 g/mol. The Morgan fingerprint density at radius 2 is 1.95 bits per heavy atom. The van der Waals surface area contributed by atoms with E-state index in [0.717, 1.165) is 39.0 Å². The molecular formula is C15H30N2O2. The summed E-state index contributed by atoms with van der Waals surface area (Å²) in [6.45, 7) is 10.7. The highest BCUT2D eigenvalue weighted by atomic mass is 16.5. The molecule has 19 heavy (non-hydrogen) atoms. The van der Waals surface area contributed by atoms with Crippen molar-refractivity contribution in [3.05, 3.63) is 0 Å². The van der Waals surface area contributed by atoms with Gasteiger partial charge in [0.2, 0.25) is 5.91 Å². The third kappa shape index (κ3) is 5.49. The lowest BCUT2D eigenvalue weighted by molar-refractivity contribution is -0.140. The highest BCUT2D eigenvalue weighted by Gasteiger charge is 2.30. The van der Waals surface area contributed by atoms with Crippen LogP contribution in [-0.4, -0.2) is 49.7 Å². The number of nitrogens with zero attached hydrogens (tertiary/aromatic N) is 1. The maximum Gasteiger partial charge on any atom is 0.227 e. The fourth-order valence-corrected chi connectivity index (χ4v) is 2.50. The second-order valence-electron chi connectivity index (χ2n) is 6.67. The van der Waals surface area contributed by atoms with Crippen LogP contribution in [0.2, 0.25) is 0 Å². The summed E-state index contributed by atoms with van der Waals surface area (Å²) in [7, 11) is 1.74. The maximum absolute atomic E-state index is 12.2. The number of nitrogens with one attached hydrogen (secondary N) is 1. The van der Waals surface area contributed by atoms with Gasteiger partial charge in [-0.3, -0.25) is 4.79 Å². The van der Waals surface area contributed by atoms with Gasteiger partial charge in [0.1, 0.15) is 0 Å². The first-order chi connectivity index (χ1) is 8.84. The minimum absolute atomic E-state index is 0.258. The molecule has 112 valence electrons. The number of hydrogen-bond donors (Lipinski definition) is 1. The second kappa shape index (κ2) is 7.25. The molecule has 0 bridgehead atoms. The zero-order chi connectivity index (χ0) is 14.5. The van der Waals surface area contributed by atoms with E-state index in [1.54, 1.807) is 7.11 Å². The van der Waals surface area contributed by atoms with Gasteiger partial charge < -0.3 is 15.0 Å². The van der Waals surface area contributed by atoms with Crippen molar-refractivity contribution in [3.63, 3.8) is 0 Å². The Balaban J connectivity index is 2.31. The van der Waals surface area contributed by atoms with Crippen LogP contribution in [0.25, 0.3) is 0 Å². The first-order valence-corrected chi connectivity index (χ1v) is 7.39. The Bertz CT molecular complexity index is 278. The van der Waals surface area contributed by atoms with Crippen LogP contribution in [0.5, 0.6) is 0 Å². The number of carbonyl (C=O) groups excluding carboxylic acids is 1. The molecule has 1 atom stereocenters. The van der Waals surface area contributed by atoms with Crippen molar-refractivity contribution in [2.24, 2.45) is 5.41 Å². The van der Waals surface area contributed by atoms with E-state index in [4.69, 9.17) is 4.74 Å². The van der Waals surface area contributed by atoms with Gasteiger partial charge in [-0.2, -0.15) is 0 Å². The molecule has 0 spiro atoms. The van der Waals surface area contributed by atoms with E-state index in [9.17, 15) is 4.79 Å². The monoisotopic (exact) mass is 270 g/mol. The summed E-state index contributed by atoms with van der Waals surface area (Å²) < 4.78 is 5.09. The van der Waals surface area contributed by atoms with Crippen molar-refractivity contribution in [2.45, 2.75) is 59.0 Å². The minimum Gasteiger partial charge on any atom is -0.385 e. The summed E-state index contributed by atoms with van der Waals surface area (Å²) in [5.74, 6) is 0.276. The number of methoxy groups -OCH3 is 1. The van der Waals surface area contributed by atoms with Gasteiger partial charge in [0.05, 0.1) is 0 Å².